The summed E-state index contributed by atoms with van der Waals surface area (Å²) in [6.07, 6.45) is 0. The van der Waals surface area contributed by atoms with Gasteiger partial charge < -0.3 is 9.47 Å². The van der Waals surface area contributed by atoms with E-state index in [4.69, 9.17) is 21.1 Å². The van der Waals surface area contributed by atoms with Crippen LogP contribution in [-0.4, -0.2) is 29.8 Å². The maximum Gasteiger partial charge on any atom is 0.275 e. The third-order valence-electron chi connectivity index (χ3n) is 4.30. The van der Waals surface area contributed by atoms with Crippen molar-refractivity contribution in [3.05, 3.63) is 75.0 Å². The van der Waals surface area contributed by atoms with E-state index < -0.39 is 0 Å². The Kier molecular flexibility index (Phi) is 5.80. The van der Waals surface area contributed by atoms with Crippen LogP contribution in [0.4, 0.5) is 0 Å². The second kappa shape index (κ2) is 8.27. The van der Waals surface area contributed by atoms with Crippen molar-refractivity contribution >= 4 is 17.4 Å². The standard InChI is InChI=1S/C21H19ClN2O4/c1-13(25)17-9-6-15(22)10-18(17)19-11-20(28-3)23-24(21(19)26)12-14-4-7-16(27-2)8-5-14/h4-11H,12H2,1-3H3. The average molecular weight is 399 g/mol. The lowest BCUT2D eigenvalue weighted by Crippen LogP contribution is -2.25. The summed E-state index contributed by atoms with van der Waals surface area (Å²) >= 11 is 6.12. The van der Waals surface area contributed by atoms with Gasteiger partial charge in [-0.2, -0.15) is 0 Å². The number of hydrogen-bond donors (Lipinski definition) is 0. The highest BCUT2D eigenvalue weighted by molar-refractivity contribution is 6.31. The summed E-state index contributed by atoms with van der Waals surface area (Å²) in [5, 5.41) is 4.67. The van der Waals surface area contributed by atoms with Crippen molar-refractivity contribution < 1.29 is 14.3 Å². The van der Waals surface area contributed by atoms with E-state index >= 15 is 0 Å². The van der Waals surface area contributed by atoms with Crippen LogP contribution in [0.2, 0.25) is 5.02 Å². The molecule has 0 amide bonds. The van der Waals surface area contributed by atoms with E-state index in [9.17, 15) is 9.59 Å². The van der Waals surface area contributed by atoms with Gasteiger partial charge in [0.25, 0.3) is 5.56 Å². The molecule has 1 aromatic heterocycles. The van der Waals surface area contributed by atoms with Gasteiger partial charge in [-0.15, -0.1) is 5.10 Å². The van der Waals surface area contributed by atoms with Gasteiger partial charge in [0.15, 0.2) is 5.78 Å². The van der Waals surface area contributed by atoms with Crippen molar-refractivity contribution in [2.24, 2.45) is 0 Å². The highest BCUT2D eigenvalue weighted by Crippen LogP contribution is 2.27. The van der Waals surface area contributed by atoms with Crippen LogP contribution >= 0.6 is 11.6 Å². The molecular formula is C21H19ClN2O4. The van der Waals surface area contributed by atoms with Gasteiger partial charge in [-0.3, -0.25) is 9.59 Å². The maximum absolute atomic E-state index is 13.1. The molecule has 3 rings (SSSR count). The molecule has 0 saturated heterocycles. The predicted molar refractivity (Wildman–Crippen MR) is 108 cm³/mol. The Balaban J connectivity index is 2.13. The Bertz CT molecular complexity index is 1070. The van der Waals surface area contributed by atoms with Crippen LogP contribution in [0, 0.1) is 0 Å². The fraction of sp³-hybridized carbons (Fsp3) is 0.190. The van der Waals surface area contributed by atoms with Gasteiger partial charge in [0, 0.05) is 16.7 Å². The molecule has 0 atom stereocenters. The van der Waals surface area contributed by atoms with Crippen LogP contribution in [0.15, 0.2) is 53.3 Å². The molecule has 144 valence electrons. The third kappa shape index (κ3) is 4.07. The molecule has 2 aromatic carbocycles. The van der Waals surface area contributed by atoms with E-state index in [1.807, 2.05) is 24.3 Å². The smallest absolute Gasteiger partial charge is 0.275 e. The molecule has 0 saturated carbocycles. The number of carbonyl (C=O) groups excluding carboxylic acids is 1. The molecule has 0 bridgehead atoms. The van der Waals surface area contributed by atoms with Crippen molar-refractivity contribution in [2.45, 2.75) is 13.5 Å². The predicted octanol–water partition coefficient (Wildman–Crippen LogP) is 3.83. The van der Waals surface area contributed by atoms with Gasteiger partial charge in [0.2, 0.25) is 5.88 Å². The number of benzene rings is 2. The molecule has 0 fully saturated rings. The van der Waals surface area contributed by atoms with Crippen molar-refractivity contribution in [1.82, 2.24) is 9.78 Å². The summed E-state index contributed by atoms with van der Waals surface area (Å²) < 4.78 is 11.7. The molecule has 6 nitrogen and oxygen atoms in total. The van der Waals surface area contributed by atoms with Crippen molar-refractivity contribution in [3.8, 4) is 22.8 Å². The molecule has 0 aliphatic rings. The van der Waals surface area contributed by atoms with E-state index in [1.54, 1.807) is 25.3 Å². The van der Waals surface area contributed by atoms with Crippen LogP contribution in [-0.2, 0) is 6.54 Å². The number of ether oxygens (including phenoxy) is 2. The van der Waals surface area contributed by atoms with Crippen LogP contribution < -0.4 is 15.0 Å². The van der Waals surface area contributed by atoms with Crippen LogP contribution in [0.5, 0.6) is 11.6 Å². The number of methoxy groups -OCH3 is 2. The zero-order valence-electron chi connectivity index (χ0n) is 15.7. The van der Waals surface area contributed by atoms with E-state index in [1.165, 1.54) is 24.8 Å². The Morgan fingerprint density at radius 3 is 2.36 bits per heavy atom. The Hall–Kier alpha value is -3.12. The van der Waals surface area contributed by atoms with Gasteiger partial charge in [-0.1, -0.05) is 23.7 Å². The summed E-state index contributed by atoms with van der Waals surface area (Å²) in [6, 6.07) is 13.7. The van der Waals surface area contributed by atoms with E-state index in [0.717, 1.165) is 11.3 Å². The van der Waals surface area contributed by atoms with Crippen molar-refractivity contribution in [1.29, 1.82) is 0 Å². The average Bonchev–Trinajstić information content (AvgIpc) is 2.69. The molecule has 3 aromatic rings. The molecular weight excluding hydrogens is 380 g/mol. The first-order chi connectivity index (χ1) is 13.4. The second-order valence-corrected chi connectivity index (χ2v) is 6.59. The first kappa shape index (κ1) is 19.6. The quantitative estimate of drug-likeness (QED) is 0.590. The topological polar surface area (TPSA) is 70.4 Å². The maximum atomic E-state index is 13.1. The van der Waals surface area contributed by atoms with Crippen LogP contribution in [0.3, 0.4) is 0 Å². The van der Waals surface area contributed by atoms with Gasteiger partial charge >= 0.3 is 0 Å². The van der Waals surface area contributed by atoms with Gasteiger partial charge in [0.05, 0.1) is 26.3 Å². The normalized spacial score (nSPS) is 10.6. The lowest BCUT2D eigenvalue weighted by atomic mass is 9.98. The summed E-state index contributed by atoms with van der Waals surface area (Å²) in [4.78, 5) is 25.2. The lowest BCUT2D eigenvalue weighted by Gasteiger charge is -2.12. The highest BCUT2D eigenvalue weighted by atomic mass is 35.5. The number of nitrogens with zero attached hydrogens (tertiary/aromatic N) is 2. The van der Waals surface area contributed by atoms with Gasteiger partial charge in [0.1, 0.15) is 5.75 Å². The zero-order chi connectivity index (χ0) is 20.3. The first-order valence-electron chi connectivity index (χ1n) is 8.53. The molecule has 1 heterocycles. The molecule has 0 radical (unpaired) electrons. The molecule has 0 aliphatic carbocycles. The fourth-order valence-corrected chi connectivity index (χ4v) is 3.04. The van der Waals surface area contributed by atoms with Crippen molar-refractivity contribution in [3.63, 3.8) is 0 Å². The fourth-order valence-electron chi connectivity index (χ4n) is 2.87. The Morgan fingerprint density at radius 2 is 1.75 bits per heavy atom. The summed E-state index contributed by atoms with van der Waals surface area (Å²) in [6.45, 7) is 1.68. The third-order valence-corrected chi connectivity index (χ3v) is 4.54. The van der Waals surface area contributed by atoms with Crippen molar-refractivity contribution in [2.75, 3.05) is 14.2 Å². The summed E-state index contributed by atoms with van der Waals surface area (Å²) in [5.41, 5.74) is 1.68. The highest BCUT2D eigenvalue weighted by Gasteiger charge is 2.17. The lowest BCUT2D eigenvalue weighted by molar-refractivity contribution is 0.101. The van der Waals surface area contributed by atoms with Crippen LogP contribution in [0.1, 0.15) is 22.8 Å². The first-order valence-corrected chi connectivity index (χ1v) is 8.90. The number of carbonyl (C=O) groups is 1. The summed E-state index contributed by atoms with van der Waals surface area (Å²) in [7, 11) is 3.06. The molecule has 7 heteroatoms. The molecule has 0 N–H and O–H groups in total. The minimum absolute atomic E-state index is 0.163. The minimum Gasteiger partial charge on any atom is -0.497 e. The van der Waals surface area contributed by atoms with E-state index in [2.05, 4.69) is 5.10 Å². The largest absolute Gasteiger partial charge is 0.497 e. The number of rotatable bonds is 6. The minimum atomic E-state index is -0.346. The van der Waals surface area contributed by atoms with E-state index in [-0.39, 0.29) is 23.8 Å². The zero-order valence-corrected chi connectivity index (χ0v) is 16.5. The molecule has 0 spiro atoms. The SMILES string of the molecule is COc1ccc(Cn2nc(OC)cc(-c3cc(Cl)ccc3C(C)=O)c2=O)cc1. The van der Waals surface area contributed by atoms with Gasteiger partial charge in [-0.05, 0) is 48.4 Å². The monoisotopic (exact) mass is 398 g/mol. The Labute approximate surface area is 167 Å². The molecule has 0 aliphatic heterocycles. The molecule has 0 unspecified atom stereocenters. The summed E-state index contributed by atoms with van der Waals surface area (Å²) in [5.74, 6) is 0.821. The van der Waals surface area contributed by atoms with E-state index in [0.29, 0.717) is 21.7 Å². The number of halogens is 1. The Morgan fingerprint density at radius 1 is 1.04 bits per heavy atom. The number of ketones is 1. The molecule has 28 heavy (non-hydrogen) atoms. The number of Topliss-reactive ketones (excluding diaryl/α,β-unsaturated/α-hetero) is 1. The number of hydrogen-bond acceptors (Lipinski definition) is 5. The second-order valence-electron chi connectivity index (χ2n) is 6.16. The van der Waals surface area contributed by atoms with Gasteiger partial charge in [-0.25, -0.2) is 4.68 Å². The number of aromatic nitrogens is 2. The van der Waals surface area contributed by atoms with Crippen LogP contribution in [0.25, 0.3) is 11.1 Å².